The molecule has 0 unspecified atom stereocenters. The maximum absolute atomic E-state index is 12.3. The topological polar surface area (TPSA) is 68.8 Å². The third-order valence-corrected chi connectivity index (χ3v) is 3.74. The summed E-state index contributed by atoms with van der Waals surface area (Å²) in [6, 6.07) is 12.4. The molecule has 2 aromatic rings. The van der Waals surface area contributed by atoms with Gasteiger partial charge in [0, 0.05) is 11.8 Å². The second-order valence-electron chi connectivity index (χ2n) is 5.62. The van der Waals surface area contributed by atoms with Crippen LogP contribution in [0.3, 0.4) is 0 Å². The SMILES string of the molecule is CCOc1ccc([C@@H](C)NC(=O)Nc2cccc(OC)c2)cc1OCC. The van der Waals surface area contributed by atoms with Crippen LogP contribution >= 0.6 is 0 Å². The number of anilines is 1. The highest BCUT2D eigenvalue weighted by Gasteiger charge is 2.13. The van der Waals surface area contributed by atoms with Crippen LogP contribution in [0.25, 0.3) is 0 Å². The number of rotatable bonds is 8. The molecular formula is C20H26N2O4. The monoisotopic (exact) mass is 358 g/mol. The summed E-state index contributed by atoms with van der Waals surface area (Å²) in [6.07, 6.45) is 0. The zero-order chi connectivity index (χ0) is 18.9. The summed E-state index contributed by atoms with van der Waals surface area (Å²) in [5.41, 5.74) is 1.59. The molecule has 0 saturated heterocycles. The van der Waals surface area contributed by atoms with Crippen molar-refractivity contribution in [1.29, 1.82) is 0 Å². The Morgan fingerprint density at radius 2 is 1.77 bits per heavy atom. The van der Waals surface area contributed by atoms with Crippen molar-refractivity contribution in [2.45, 2.75) is 26.8 Å². The van der Waals surface area contributed by atoms with Crippen molar-refractivity contribution in [3.8, 4) is 17.2 Å². The number of ether oxygens (including phenoxy) is 3. The molecule has 0 aliphatic rings. The smallest absolute Gasteiger partial charge is 0.319 e. The van der Waals surface area contributed by atoms with Gasteiger partial charge in [0.05, 0.1) is 26.4 Å². The highest BCUT2D eigenvalue weighted by molar-refractivity contribution is 5.89. The van der Waals surface area contributed by atoms with Gasteiger partial charge < -0.3 is 24.8 Å². The largest absolute Gasteiger partial charge is 0.497 e. The van der Waals surface area contributed by atoms with E-state index in [4.69, 9.17) is 14.2 Å². The van der Waals surface area contributed by atoms with Crippen LogP contribution in [0.1, 0.15) is 32.4 Å². The summed E-state index contributed by atoms with van der Waals surface area (Å²) in [7, 11) is 1.59. The lowest BCUT2D eigenvalue weighted by atomic mass is 10.1. The van der Waals surface area contributed by atoms with E-state index in [1.165, 1.54) is 0 Å². The van der Waals surface area contributed by atoms with Gasteiger partial charge in [-0.1, -0.05) is 12.1 Å². The van der Waals surface area contributed by atoms with Crippen LogP contribution in [-0.2, 0) is 0 Å². The van der Waals surface area contributed by atoms with Crippen molar-refractivity contribution in [3.63, 3.8) is 0 Å². The fourth-order valence-electron chi connectivity index (χ4n) is 2.49. The highest BCUT2D eigenvalue weighted by Crippen LogP contribution is 2.30. The number of nitrogens with one attached hydrogen (secondary N) is 2. The Bertz CT molecular complexity index is 734. The summed E-state index contributed by atoms with van der Waals surface area (Å²) >= 11 is 0. The van der Waals surface area contributed by atoms with Crippen molar-refractivity contribution < 1.29 is 19.0 Å². The van der Waals surface area contributed by atoms with Crippen molar-refractivity contribution in [3.05, 3.63) is 48.0 Å². The van der Waals surface area contributed by atoms with E-state index in [0.29, 0.717) is 36.1 Å². The number of carbonyl (C=O) groups is 1. The number of urea groups is 1. The van der Waals surface area contributed by atoms with Gasteiger partial charge in [0.1, 0.15) is 5.75 Å². The summed E-state index contributed by atoms with van der Waals surface area (Å²) in [5.74, 6) is 2.06. The standard InChI is InChI=1S/C20H26N2O4/c1-5-25-18-11-10-15(12-19(18)26-6-2)14(3)21-20(23)22-16-8-7-9-17(13-16)24-4/h7-14H,5-6H2,1-4H3,(H2,21,22,23)/t14-/m1/s1. The Hall–Kier alpha value is -2.89. The predicted molar refractivity (Wildman–Crippen MR) is 102 cm³/mol. The lowest BCUT2D eigenvalue weighted by molar-refractivity contribution is 0.249. The van der Waals surface area contributed by atoms with Gasteiger partial charge in [0.25, 0.3) is 0 Å². The van der Waals surface area contributed by atoms with E-state index in [2.05, 4.69) is 10.6 Å². The van der Waals surface area contributed by atoms with Crippen molar-refractivity contribution in [1.82, 2.24) is 5.32 Å². The first-order valence-electron chi connectivity index (χ1n) is 8.68. The normalized spacial score (nSPS) is 11.4. The number of methoxy groups -OCH3 is 1. The molecular weight excluding hydrogens is 332 g/mol. The van der Waals surface area contributed by atoms with Gasteiger partial charge in [0.2, 0.25) is 0 Å². The summed E-state index contributed by atoms with van der Waals surface area (Å²) in [4.78, 5) is 12.3. The van der Waals surface area contributed by atoms with Crippen LogP contribution in [0.2, 0.25) is 0 Å². The van der Waals surface area contributed by atoms with Gasteiger partial charge in [-0.3, -0.25) is 0 Å². The predicted octanol–water partition coefficient (Wildman–Crippen LogP) is 4.38. The Labute approximate surface area is 154 Å². The Morgan fingerprint density at radius 3 is 2.46 bits per heavy atom. The first kappa shape index (κ1) is 19.4. The second kappa shape index (κ2) is 9.56. The molecule has 140 valence electrons. The third kappa shape index (κ3) is 5.31. The van der Waals surface area contributed by atoms with Gasteiger partial charge in [-0.15, -0.1) is 0 Å². The zero-order valence-corrected chi connectivity index (χ0v) is 15.7. The number of hydrogen-bond acceptors (Lipinski definition) is 4. The Morgan fingerprint density at radius 1 is 1.04 bits per heavy atom. The molecule has 2 rings (SSSR count). The van der Waals surface area contributed by atoms with Crippen LogP contribution in [0.5, 0.6) is 17.2 Å². The average molecular weight is 358 g/mol. The first-order valence-corrected chi connectivity index (χ1v) is 8.68. The maximum Gasteiger partial charge on any atom is 0.319 e. The molecule has 26 heavy (non-hydrogen) atoms. The molecule has 0 fully saturated rings. The lowest BCUT2D eigenvalue weighted by Crippen LogP contribution is -2.31. The first-order chi connectivity index (χ1) is 12.6. The maximum atomic E-state index is 12.3. The Kier molecular flexibility index (Phi) is 7.14. The van der Waals surface area contributed by atoms with Crippen LogP contribution in [0.4, 0.5) is 10.5 Å². The molecule has 2 amide bonds. The van der Waals surface area contributed by atoms with Crippen LogP contribution < -0.4 is 24.8 Å². The second-order valence-corrected chi connectivity index (χ2v) is 5.62. The third-order valence-electron chi connectivity index (χ3n) is 3.74. The molecule has 0 heterocycles. The van der Waals surface area contributed by atoms with Crippen LogP contribution in [0.15, 0.2) is 42.5 Å². The fraction of sp³-hybridized carbons (Fsp3) is 0.350. The van der Waals surface area contributed by atoms with E-state index in [0.717, 1.165) is 5.56 Å². The number of hydrogen-bond donors (Lipinski definition) is 2. The molecule has 0 aromatic heterocycles. The van der Waals surface area contributed by atoms with Crippen molar-refractivity contribution in [2.75, 3.05) is 25.6 Å². The number of carbonyl (C=O) groups excluding carboxylic acids is 1. The van der Waals surface area contributed by atoms with Crippen molar-refractivity contribution >= 4 is 11.7 Å². The molecule has 0 saturated carbocycles. The van der Waals surface area contributed by atoms with Gasteiger partial charge >= 0.3 is 6.03 Å². The molecule has 2 aromatic carbocycles. The van der Waals surface area contributed by atoms with Gasteiger partial charge in [0.15, 0.2) is 11.5 Å². The van der Waals surface area contributed by atoms with Crippen LogP contribution in [-0.4, -0.2) is 26.4 Å². The van der Waals surface area contributed by atoms with Gasteiger partial charge in [-0.25, -0.2) is 4.79 Å². The van der Waals surface area contributed by atoms with E-state index < -0.39 is 0 Å². The molecule has 0 bridgehead atoms. The number of benzene rings is 2. The summed E-state index contributed by atoms with van der Waals surface area (Å²) < 4.78 is 16.4. The van der Waals surface area contributed by atoms with E-state index in [1.54, 1.807) is 19.2 Å². The minimum atomic E-state index is -0.294. The van der Waals surface area contributed by atoms with E-state index >= 15 is 0 Å². The molecule has 0 spiro atoms. The molecule has 0 aliphatic heterocycles. The average Bonchev–Trinajstić information content (AvgIpc) is 2.63. The molecule has 2 N–H and O–H groups in total. The highest BCUT2D eigenvalue weighted by atomic mass is 16.5. The number of amides is 2. The summed E-state index contributed by atoms with van der Waals surface area (Å²) in [6.45, 7) is 6.87. The van der Waals surface area contributed by atoms with Crippen LogP contribution in [0, 0.1) is 0 Å². The molecule has 0 aliphatic carbocycles. The minimum absolute atomic E-state index is 0.199. The molecule has 6 heteroatoms. The fourth-order valence-corrected chi connectivity index (χ4v) is 2.49. The quantitative estimate of drug-likeness (QED) is 0.735. The van der Waals surface area contributed by atoms with Gasteiger partial charge in [-0.2, -0.15) is 0 Å². The van der Waals surface area contributed by atoms with E-state index in [9.17, 15) is 4.79 Å². The van der Waals surface area contributed by atoms with Gasteiger partial charge in [-0.05, 0) is 50.6 Å². The Balaban J connectivity index is 2.04. The van der Waals surface area contributed by atoms with Crippen molar-refractivity contribution in [2.24, 2.45) is 0 Å². The molecule has 6 nitrogen and oxygen atoms in total. The molecule has 0 radical (unpaired) electrons. The van der Waals surface area contributed by atoms with E-state index in [-0.39, 0.29) is 12.1 Å². The van der Waals surface area contributed by atoms with E-state index in [1.807, 2.05) is 51.1 Å². The lowest BCUT2D eigenvalue weighted by Gasteiger charge is -2.18. The summed E-state index contributed by atoms with van der Waals surface area (Å²) in [5, 5.41) is 5.72. The molecule has 1 atom stereocenters. The zero-order valence-electron chi connectivity index (χ0n) is 15.7. The minimum Gasteiger partial charge on any atom is -0.497 e.